The number of anilines is 2. The number of nitrogens with two attached hydrogens (primary N) is 1. The summed E-state index contributed by atoms with van der Waals surface area (Å²) in [4.78, 5) is 14.2. The van der Waals surface area contributed by atoms with Crippen molar-refractivity contribution < 1.29 is 4.79 Å². The number of nitrogen functional groups attached to an aromatic ring is 1. The van der Waals surface area contributed by atoms with E-state index >= 15 is 0 Å². The maximum atomic E-state index is 12.5. The molecule has 104 valence electrons. The van der Waals surface area contributed by atoms with Crippen LogP contribution in [0.5, 0.6) is 0 Å². The van der Waals surface area contributed by atoms with E-state index in [4.69, 9.17) is 5.73 Å². The van der Waals surface area contributed by atoms with Crippen molar-refractivity contribution in [1.82, 2.24) is 0 Å². The molecule has 0 unspecified atom stereocenters. The molecule has 0 aliphatic rings. The van der Waals surface area contributed by atoms with Crippen LogP contribution in [0.4, 0.5) is 11.4 Å². The zero-order chi connectivity index (χ0) is 14.7. The standard InChI is InChI=1S/C17H20N2O/c1-4-13-5-8-15(9-6-13)19(3)17(20)16-10-7-14(18)11-12(16)2/h5-11H,4,18H2,1-3H3. The fraction of sp³-hybridized carbons (Fsp3) is 0.235. The molecule has 3 nitrogen and oxygen atoms in total. The van der Waals surface area contributed by atoms with Gasteiger partial charge in [-0.3, -0.25) is 4.79 Å². The van der Waals surface area contributed by atoms with Crippen molar-refractivity contribution in [2.75, 3.05) is 17.7 Å². The second-order valence-electron chi connectivity index (χ2n) is 4.96. The van der Waals surface area contributed by atoms with Gasteiger partial charge in [0.05, 0.1) is 0 Å². The molecule has 2 N–H and O–H groups in total. The first kappa shape index (κ1) is 14.1. The van der Waals surface area contributed by atoms with E-state index in [0.717, 1.165) is 17.7 Å². The van der Waals surface area contributed by atoms with Gasteiger partial charge in [-0.15, -0.1) is 0 Å². The Morgan fingerprint density at radius 3 is 2.35 bits per heavy atom. The number of nitrogens with zero attached hydrogens (tertiary/aromatic N) is 1. The summed E-state index contributed by atoms with van der Waals surface area (Å²) in [6.07, 6.45) is 0.995. The lowest BCUT2D eigenvalue weighted by Gasteiger charge is -2.19. The van der Waals surface area contributed by atoms with Gasteiger partial charge < -0.3 is 10.6 Å². The maximum Gasteiger partial charge on any atom is 0.258 e. The van der Waals surface area contributed by atoms with E-state index in [1.807, 2.05) is 25.1 Å². The molecule has 0 aliphatic carbocycles. The minimum Gasteiger partial charge on any atom is -0.399 e. The molecule has 0 fully saturated rings. The van der Waals surface area contributed by atoms with Crippen LogP contribution in [-0.4, -0.2) is 13.0 Å². The van der Waals surface area contributed by atoms with Crippen molar-refractivity contribution in [2.45, 2.75) is 20.3 Å². The molecule has 2 aromatic rings. The lowest BCUT2D eigenvalue weighted by Crippen LogP contribution is -2.26. The van der Waals surface area contributed by atoms with Crippen LogP contribution in [0.3, 0.4) is 0 Å². The molecular weight excluding hydrogens is 248 g/mol. The number of hydrogen-bond donors (Lipinski definition) is 1. The molecule has 0 atom stereocenters. The quantitative estimate of drug-likeness (QED) is 0.867. The number of hydrogen-bond acceptors (Lipinski definition) is 2. The third kappa shape index (κ3) is 2.82. The van der Waals surface area contributed by atoms with Gasteiger partial charge in [0.1, 0.15) is 0 Å². The highest BCUT2D eigenvalue weighted by molar-refractivity contribution is 6.06. The average Bonchev–Trinajstić information content (AvgIpc) is 2.46. The van der Waals surface area contributed by atoms with Gasteiger partial charge in [0.15, 0.2) is 0 Å². The third-order valence-electron chi connectivity index (χ3n) is 3.52. The monoisotopic (exact) mass is 268 g/mol. The summed E-state index contributed by atoms with van der Waals surface area (Å²) in [5.41, 5.74) is 10.1. The maximum absolute atomic E-state index is 12.5. The van der Waals surface area contributed by atoms with Crippen molar-refractivity contribution in [1.29, 1.82) is 0 Å². The Morgan fingerprint density at radius 2 is 1.80 bits per heavy atom. The number of aryl methyl sites for hydroxylation is 2. The van der Waals surface area contributed by atoms with E-state index in [-0.39, 0.29) is 5.91 Å². The first-order chi connectivity index (χ1) is 9.52. The molecule has 0 bridgehead atoms. The van der Waals surface area contributed by atoms with Crippen LogP contribution >= 0.6 is 0 Å². The van der Waals surface area contributed by atoms with Gasteiger partial charge in [-0.05, 0) is 54.8 Å². The molecule has 2 aromatic carbocycles. The Kier molecular flexibility index (Phi) is 4.08. The summed E-state index contributed by atoms with van der Waals surface area (Å²) in [6.45, 7) is 4.01. The molecule has 0 saturated carbocycles. The Hall–Kier alpha value is -2.29. The number of amides is 1. The SMILES string of the molecule is CCc1ccc(N(C)C(=O)c2ccc(N)cc2C)cc1. The van der Waals surface area contributed by atoms with E-state index < -0.39 is 0 Å². The van der Waals surface area contributed by atoms with Gasteiger partial charge in [-0.25, -0.2) is 0 Å². The van der Waals surface area contributed by atoms with Gasteiger partial charge in [0, 0.05) is 24.0 Å². The van der Waals surface area contributed by atoms with Crippen LogP contribution in [0.1, 0.15) is 28.4 Å². The highest BCUT2D eigenvalue weighted by Crippen LogP contribution is 2.19. The highest BCUT2D eigenvalue weighted by atomic mass is 16.2. The fourth-order valence-corrected chi connectivity index (χ4v) is 2.18. The highest BCUT2D eigenvalue weighted by Gasteiger charge is 2.15. The number of rotatable bonds is 3. The lowest BCUT2D eigenvalue weighted by molar-refractivity contribution is 0.0992. The summed E-state index contributed by atoms with van der Waals surface area (Å²) < 4.78 is 0. The fourth-order valence-electron chi connectivity index (χ4n) is 2.18. The van der Waals surface area contributed by atoms with Crippen LogP contribution < -0.4 is 10.6 Å². The van der Waals surface area contributed by atoms with Crippen LogP contribution in [-0.2, 0) is 6.42 Å². The molecule has 0 aromatic heterocycles. The second-order valence-corrected chi connectivity index (χ2v) is 4.96. The van der Waals surface area contributed by atoms with E-state index in [2.05, 4.69) is 19.1 Å². The molecule has 0 spiro atoms. The Morgan fingerprint density at radius 1 is 1.15 bits per heavy atom. The number of carbonyl (C=O) groups excluding carboxylic acids is 1. The Labute approximate surface area is 120 Å². The molecule has 0 radical (unpaired) electrons. The minimum absolute atomic E-state index is 0.0215. The second kappa shape index (κ2) is 5.78. The zero-order valence-electron chi connectivity index (χ0n) is 12.2. The van der Waals surface area contributed by atoms with Gasteiger partial charge >= 0.3 is 0 Å². The first-order valence-electron chi connectivity index (χ1n) is 6.76. The average molecular weight is 268 g/mol. The van der Waals surface area contributed by atoms with Crippen LogP contribution in [0.15, 0.2) is 42.5 Å². The minimum atomic E-state index is -0.0215. The van der Waals surface area contributed by atoms with Gasteiger partial charge in [-0.2, -0.15) is 0 Å². The van der Waals surface area contributed by atoms with Gasteiger partial charge in [-0.1, -0.05) is 19.1 Å². The molecule has 0 heterocycles. The molecular formula is C17H20N2O. The summed E-state index contributed by atoms with van der Waals surface area (Å²) in [6, 6.07) is 13.4. The first-order valence-corrected chi connectivity index (χ1v) is 6.76. The van der Waals surface area contributed by atoms with Crippen molar-refractivity contribution in [2.24, 2.45) is 0 Å². The molecule has 0 saturated heterocycles. The normalized spacial score (nSPS) is 10.3. The van der Waals surface area contributed by atoms with Gasteiger partial charge in [0.25, 0.3) is 5.91 Å². The van der Waals surface area contributed by atoms with Crippen LogP contribution in [0, 0.1) is 6.92 Å². The predicted molar refractivity (Wildman–Crippen MR) is 84.1 cm³/mol. The molecule has 3 heteroatoms. The van der Waals surface area contributed by atoms with Crippen molar-refractivity contribution in [3.8, 4) is 0 Å². The summed E-state index contributed by atoms with van der Waals surface area (Å²) in [5.74, 6) is -0.0215. The van der Waals surface area contributed by atoms with E-state index in [1.165, 1.54) is 5.56 Å². The van der Waals surface area contributed by atoms with Crippen molar-refractivity contribution in [3.63, 3.8) is 0 Å². The molecule has 2 rings (SSSR count). The largest absolute Gasteiger partial charge is 0.399 e. The summed E-state index contributed by atoms with van der Waals surface area (Å²) >= 11 is 0. The summed E-state index contributed by atoms with van der Waals surface area (Å²) in [7, 11) is 1.79. The molecule has 0 aliphatic heterocycles. The zero-order valence-corrected chi connectivity index (χ0v) is 12.2. The lowest BCUT2D eigenvalue weighted by atomic mass is 10.1. The van der Waals surface area contributed by atoms with Crippen molar-refractivity contribution >= 4 is 17.3 Å². The molecule has 1 amide bonds. The van der Waals surface area contributed by atoms with Crippen LogP contribution in [0.2, 0.25) is 0 Å². The van der Waals surface area contributed by atoms with Gasteiger partial charge in [0.2, 0.25) is 0 Å². The van der Waals surface area contributed by atoms with E-state index in [0.29, 0.717) is 11.3 Å². The molecule has 20 heavy (non-hydrogen) atoms. The third-order valence-corrected chi connectivity index (χ3v) is 3.52. The van der Waals surface area contributed by atoms with Crippen LogP contribution in [0.25, 0.3) is 0 Å². The Bertz CT molecular complexity index is 617. The smallest absolute Gasteiger partial charge is 0.258 e. The number of carbonyl (C=O) groups is 1. The predicted octanol–water partition coefficient (Wildman–Crippen LogP) is 3.42. The van der Waals surface area contributed by atoms with E-state index in [1.54, 1.807) is 24.1 Å². The Balaban J connectivity index is 2.27. The van der Waals surface area contributed by atoms with E-state index in [9.17, 15) is 4.79 Å². The topological polar surface area (TPSA) is 46.3 Å². The summed E-state index contributed by atoms with van der Waals surface area (Å²) in [5, 5.41) is 0. The van der Waals surface area contributed by atoms with Crippen molar-refractivity contribution in [3.05, 3.63) is 59.2 Å². The number of benzene rings is 2.